The molecule has 0 aliphatic carbocycles. The summed E-state index contributed by atoms with van der Waals surface area (Å²) in [7, 11) is 1.47. The number of carbonyl (C=O) groups is 1. The second-order valence-corrected chi connectivity index (χ2v) is 9.09. The molecule has 0 saturated heterocycles. The van der Waals surface area contributed by atoms with E-state index in [0.717, 1.165) is 5.56 Å². The van der Waals surface area contributed by atoms with Crippen LogP contribution in [0, 0.1) is 12.7 Å². The predicted molar refractivity (Wildman–Crippen MR) is 138 cm³/mol. The van der Waals surface area contributed by atoms with E-state index < -0.39 is 5.60 Å². The number of carbonyl (C=O) groups excluding carboxylic acids is 1. The molecule has 7 nitrogen and oxygen atoms in total. The summed E-state index contributed by atoms with van der Waals surface area (Å²) in [5.41, 5.74) is 1.80. The zero-order valence-corrected chi connectivity index (χ0v) is 21.1. The number of methoxy groups -OCH3 is 1. The molecule has 1 aromatic heterocycles. The topological polar surface area (TPSA) is 98.1 Å². The van der Waals surface area contributed by atoms with Gasteiger partial charge >= 0.3 is 0 Å². The first-order chi connectivity index (χ1) is 17.7. The summed E-state index contributed by atoms with van der Waals surface area (Å²) in [6, 6.07) is 11.3. The Morgan fingerprint density at radius 1 is 1.19 bits per heavy atom. The second-order valence-electron chi connectivity index (χ2n) is 9.09. The summed E-state index contributed by atoms with van der Waals surface area (Å²) in [6.45, 7) is 3.66. The van der Waals surface area contributed by atoms with Crippen LogP contribution in [0.2, 0.25) is 0 Å². The van der Waals surface area contributed by atoms with E-state index in [0.29, 0.717) is 51.9 Å². The fraction of sp³-hybridized carbons (Fsp3) is 0.310. The van der Waals surface area contributed by atoms with Gasteiger partial charge in [-0.25, -0.2) is 9.37 Å². The van der Waals surface area contributed by atoms with Crippen molar-refractivity contribution < 1.29 is 33.6 Å². The summed E-state index contributed by atoms with van der Waals surface area (Å²) >= 11 is 0. The minimum absolute atomic E-state index is 0.0586. The maximum absolute atomic E-state index is 13.9. The number of aryl methyl sites for hydroxylation is 1. The van der Waals surface area contributed by atoms with Gasteiger partial charge in [0.25, 0.3) is 0 Å². The molecule has 2 aromatic carbocycles. The van der Waals surface area contributed by atoms with Gasteiger partial charge in [0.15, 0.2) is 23.0 Å². The number of hydrogen-bond acceptors (Lipinski definition) is 7. The number of halogens is 1. The molecular weight excluding hydrogens is 477 g/mol. The van der Waals surface area contributed by atoms with Gasteiger partial charge in [0.1, 0.15) is 30.3 Å². The minimum atomic E-state index is -1.42. The van der Waals surface area contributed by atoms with Gasteiger partial charge in [-0.05, 0) is 74.4 Å². The van der Waals surface area contributed by atoms with E-state index in [1.54, 1.807) is 50.2 Å². The monoisotopic (exact) mass is 507 g/mol. The lowest BCUT2D eigenvalue weighted by Crippen LogP contribution is -2.25. The highest BCUT2D eigenvalue weighted by molar-refractivity contribution is 5.96. The first-order valence-corrected chi connectivity index (χ1v) is 12.0. The number of benzene rings is 2. The Labute approximate surface area is 215 Å². The van der Waals surface area contributed by atoms with Crippen molar-refractivity contribution in [3.05, 3.63) is 76.7 Å². The molecule has 1 atom stereocenters. The Kier molecular flexibility index (Phi) is 7.90. The maximum Gasteiger partial charge on any atom is 0.163 e. The highest BCUT2D eigenvalue weighted by Gasteiger charge is 2.29. The van der Waals surface area contributed by atoms with Crippen LogP contribution >= 0.6 is 0 Å². The lowest BCUT2D eigenvalue weighted by Gasteiger charge is -2.26. The standard InChI is InChI=1S/C29H30FNO6/c1-18-15-20(6-8-22(18)30)27-28-21(5-4-13-37-28)17-26(31-27)29(2,34)11-10-23(33)19-7-9-24(36-14-12-32)25(16-19)35-3/h4-9,15-17,32,34H,10-14H2,1-3H3. The number of Topliss-reactive ketones (excluding diaryl/α,β-unsaturated/α-hetero) is 1. The highest BCUT2D eigenvalue weighted by atomic mass is 19.1. The molecule has 1 aliphatic rings. The molecular formula is C29H30FNO6. The summed E-state index contributed by atoms with van der Waals surface area (Å²) < 4.78 is 30.5. The van der Waals surface area contributed by atoms with Gasteiger partial charge < -0.3 is 24.4 Å². The van der Waals surface area contributed by atoms with E-state index in [4.69, 9.17) is 24.3 Å². The zero-order valence-electron chi connectivity index (χ0n) is 21.1. The zero-order chi connectivity index (χ0) is 26.6. The molecule has 2 N–H and O–H groups in total. The van der Waals surface area contributed by atoms with Gasteiger partial charge in [0.2, 0.25) is 0 Å². The molecule has 0 radical (unpaired) electrons. The van der Waals surface area contributed by atoms with Crippen molar-refractivity contribution >= 4 is 11.9 Å². The Morgan fingerprint density at radius 3 is 2.73 bits per heavy atom. The van der Waals surface area contributed by atoms with Gasteiger partial charge in [0.05, 0.1) is 19.4 Å². The van der Waals surface area contributed by atoms with Crippen LogP contribution in [0.15, 0.2) is 48.5 Å². The van der Waals surface area contributed by atoms with E-state index in [2.05, 4.69) is 0 Å². The number of ether oxygens (including phenoxy) is 3. The van der Waals surface area contributed by atoms with Crippen LogP contribution in [0.3, 0.4) is 0 Å². The van der Waals surface area contributed by atoms with Gasteiger partial charge in [-0.3, -0.25) is 4.79 Å². The molecule has 0 fully saturated rings. The van der Waals surface area contributed by atoms with Crippen LogP contribution in [0.25, 0.3) is 17.3 Å². The summed E-state index contributed by atoms with van der Waals surface area (Å²) in [5.74, 6) is 0.887. The third-order valence-electron chi connectivity index (χ3n) is 6.28. The number of ketones is 1. The Balaban J connectivity index is 1.59. The average Bonchev–Trinajstić information content (AvgIpc) is 2.91. The lowest BCUT2D eigenvalue weighted by molar-refractivity contribution is 0.0397. The lowest BCUT2D eigenvalue weighted by atomic mass is 9.90. The normalized spacial score (nSPS) is 13.9. The van der Waals surface area contributed by atoms with E-state index in [1.165, 1.54) is 13.2 Å². The number of rotatable bonds is 10. The summed E-state index contributed by atoms with van der Waals surface area (Å²) in [5, 5.41) is 20.4. The molecule has 0 bridgehead atoms. The molecule has 2 heterocycles. The Hall–Kier alpha value is -3.75. The van der Waals surface area contributed by atoms with Crippen LogP contribution < -0.4 is 14.2 Å². The SMILES string of the molecule is COc1cc(C(=O)CCC(C)(O)c2cc3c(c(-c4ccc(F)c(C)c4)n2)OCC=C3)ccc1OCCO. The summed E-state index contributed by atoms with van der Waals surface area (Å²) in [4.78, 5) is 17.7. The average molecular weight is 508 g/mol. The van der Waals surface area contributed by atoms with Crippen molar-refractivity contribution in [2.45, 2.75) is 32.3 Å². The second kappa shape index (κ2) is 11.1. The highest BCUT2D eigenvalue weighted by Crippen LogP contribution is 2.39. The molecule has 37 heavy (non-hydrogen) atoms. The smallest absolute Gasteiger partial charge is 0.163 e. The number of aliphatic hydroxyl groups is 2. The van der Waals surface area contributed by atoms with E-state index in [-0.39, 0.29) is 37.7 Å². The largest absolute Gasteiger partial charge is 0.493 e. The Morgan fingerprint density at radius 2 is 2.00 bits per heavy atom. The van der Waals surface area contributed by atoms with Crippen LogP contribution in [-0.2, 0) is 5.60 Å². The molecule has 1 aliphatic heterocycles. The van der Waals surface area contributed by atoms with Crippen LogP contribution in [0.1, 0.15) is 46.9 Å². The van der Waals surface area contributed by atoms with Crippen molar-refractivity contribution in [1.29, 1.82) is 0 Å². The number of pyridine rings is 1. The van der Waals surface area contributed by atoms with Crippen molar-refractivity contribution in [2.24, 2.45) is 0 Å². The Bertz CT molecular complexity index is 1330. The predicted octanol–water partition coefficient (Wildman–Crippen LogP) is 4.85. The molecule has 0 spiro atoms. The molecule has 1 unspecified atom stereocenters. The van der Waals surface area contributed by atoms with Crippen molar-refractivity contribution in [3.8, 4) is 28.5 Å². The fourth-order valence-electron chi connectivity index (χ4n) is 4.14. The molecule has 3 aromatic rings. The van der Waals surface area contributed by atoms with Gasteiger partial charge in [-0.15, -0.1) is 0 Å². The van der Waals surface area contributed by atoms with Gasteiger partial charge in [-0.1, -0.05) is 6.08 Å². The third-order valence-corrected chi connectivity index (χ3v) is 6.28. The number of fused-ring (bicyclic) bond motifs is 1. The molecule has 0 saturated carbocycles. The fourth-order valence-corrected chi connectivity index (χ4v) is 4.14. The van der Waals surface area contributed by atoms with Crippen LogP contribution in [0.4, 0.5) is 4.39 Å². The van der Waals surface area contributed by atoms with E-state index in [1.807, 2.05) is 12.2 Å². The number of aromatic nitrogens is 1. The van der Waals surface area contributed by atoms with Crippen LogP contribution in [-0.4, -0.2) is 47.9 Å². The first kappa shape index (κ1) is 26.3. The van der Waals surface area contributed by atoms with E-state index in [9.17, 15) is 14.3 Å². The number of aliphatic hydroxyl groups excluding tert-OH is 1. The van der Waals surface area contributed by atoms with Crippen molar-refractivity contribution in [3.63, 3.8) is 0 Å². The van der Waals surface area contributed by atoms with Gasteiger partial charge in [0, 0.05) is 23.1 Å². The van der Waals surface area contributed by atoms with E-state index >= 15 is 0 Å². The minimum Gasteiger partial charge on any atom is -0.493 e. The van der Waals surface area contributed by atoms with Gasteiger partial charge in [-0.2, -0.15) is 0 Å². The van der Waals surface area contributed by atoms with Crippen LogP contribution in [0.5, 0.6) is 17.2 Å². The molecule has 8 heteroatoms. The maximum atomic E-state index is 13.9. The third kappa shape index (κ3) is 5.81. The molecule has 194 valence electrons. The van der Waals surface area contributed by atoms with Crippen molar-refractivity contribution in [1.82, 2.24) is 4.98 Å². The summed E-state index contributed by atoms with van der Waals surface area (Å²) in [6.07, 6.45) is 3.95. The number of nitrogens with zero attached hydrogens (tertiary/aromatic N) is 1. The molecule has 4 rings (SSSR count). The number of hydrogen-bond donors (Lipinski definition) is 2. The first-order valence-electron chi connectivity index (χ1n) is 12.0. The van der Waals surface area contributed by atoms with Crippen molar-refractivity contribution in [2.75, 3.05) is 26.9 Å². The quantitative estimate of drug-likeness (QED) is 0.379. The molecule has 0 amide bonds.